The maximum atomic E-state index is 11.7. The molecule has 0 heterocycles. The van der Waals surface area contributed by atoms with E-state index in [1.165, 1.54) is 11.1 Å². The molecule has 0 saturated heterocycles. The zero-order valence-corrected chi connectivity index (χ0v) is 13.2. The van der Waals surface area contributed by atoms with Crippen LogP contribution in [0.3, 0.4) is 0 Å². The lowest BCUT2D eigenvalue weighted by molar-refractivity contribution is -0.123. The summed E-state index contributed by atoms with van der Waals surface area (Å²) in [6, 6.07) is 4.07. The Hall–Kier alpha value is -1.55. The minimum Gasteiger partial charge on any atom is -0.483 e. The van der Waals surface area contributed by atoms with Crippen LogP contribution in [0.2, 0.25) is 0 Å². The van der Waals surface area contributed by atoms with Gasteiger partial charge in [0.1, 0.15) is 5.75 Å². The molecule has 1 rings (SSSR count). The lowest BCUT2D eigenvalue weighted by atomic mass is 10.1. The molecule has 1 N–H and O–H groups in total. The van der Waals surface area contributed by atoms with Gasteiger partial charge in [-0.2, -0.15) is 0 Å². The molecule has 0 atom stereocenters. The average molecular weight is 278 g/mol. The number of carbonyl (C=O) groups is 1. The SMILES string of the molecule is Cc1cc(C)c(OCC(=O)NCCCN(C)C)cc1C. The van der Waals surface area contributed by atoms with Gasteiger partial charge in [-0.25, -0.2) is 0 Å². The van der Waals surface area contributed by atoms with E-state index in [-0.39, 0.29) is 12.5 Å². The molecule has 112 valence electrons. The van der Waals surface area contributed by atoms with Crippen molar-refractivity contribution in [3.8, 4) is 5.75 Å². The molecule has 4 nitrogen and oxygen atoms in total. The molecule has 4 heteroatoms. The summed E-state index contributed by atoms with van der Waals surface area (Å²) < 4.78 is 5.59. The molecule has 0 unspecified atom stereocenters. The van der Waals surface area contributed by atoms with Crippen LogP contribution >= 0.6 is 0 Å². The van der Waals surface area contributed by atoms with Crippen molar-refractivity contribution in [2.75, 3.05) is 33.8 Å². The maximum absolute atomic E-state index is 11.7. The Morgan fingerprint density at radius 1 is 1.15 bits per heavy atom. The molecule has 0 fully saturated rings. The Labute approximate surface area is 122 Å². The highest BCUT2D eigenvalue weighted by Crippen LogP contribution is 2.22. The number of rotatable bonds is 7. The summed E-state index contributed by atoms with van der Waals surface area (Å²) in [6.45, 7) is 7.85. The molecule has 1 aromatic rings. The van der Waals surface area contributed by atoms with E-state index in [4.69, 9.17) is 4.74 Å². The number of carbonyl (C=O) groups excluding carboxylic acids is 1. The van der Waals surface area contributed by atoms with Crippen molar-refractivity contribution in [2.45, 2.75) is 27.2 Å². The van der Waals surface area contributed by atoms with E-state index in [0.717, 1.165) is 24.3 Å². The first-order valence-electron chi connectivity index (χ1n) is 7.02. The van der Waals surface area contributed by atoms with Crippen LogP contribution in [-0.2, 0) is 4.79 Å². The van der Waals surface area contributed by atoms with Crippen molar-refractivity contribution in [1.82, 2.24) is 10.2 Å². The van der Waals surface area contributed by atoms with Crippen molar-refractivity contribution in [3.63, 3.8) is 0 Å². The quantitative estimate of drug-likeness (QED) is 0.776. The molecular formula is C16H26N2O2. The highest BCUT2D eigenvalue weighted by Gasteiger charge is 2.06. The minimum absolute atomic E-state index is 0.0682. The van der Waals surface area contributed by atoms with Gasteiger partial charge in [0, 0.05) is 6.54 Å². The molecule has 0 aliphatic heterocycles. The van der Waals surface area contributed by atoms with Crippen molar-refractivity contribution in [2.24, 2.45) is 0 Å². The zero-order valence-electron chi connectivity index (χ0n) is 13.2. The first kappa shape index (κ1) is 16.5. The number of nitrogens with zero attached hydrogens (tertiary/aromatic N) is 1. The van der Waals surface area contributed by atoms with Crippen LogP contribution in [0, 0.1) is 20.8 Å². The second kappa shape index (κ2) is 7.90. The number of hydrogen-bond acceptors (Lipinski definition) is 3. The Kier molecular flexibility index (Phi) is 6.52. The highest BCUT2D eigenvalue weighted by molar-refractivity contribution is 5.77. The summed E-state index contributed by atoms with van der Waals surface area (Å²) in [5, 5.41) is 2.86. The topological polar surface area (TPSA) is 41.6 Å². The number of nitrogens with one attached hydrogen (secondary N) is 1. The van der Waals surface area contributed by atoms with Crippen molar-refractivity contribution in [3.05, 3.63) is 28.8 Å². The molecule has 0 spiro atoms. The van der Waals surface area contributed by atoms with Crippen molar-refractivity contribution < 1.29 is 9.53 Å². The minimum atomic E-state index is -0.0682. The smallest absolute Gasteiger partial charge is 0.257 e. The average Bonchev–Trinajstić information content (AvgIpc) is 2.37. The Morgan fingerprint density at radius 2 is 1.80 bits per heavy atom. The summed E-state index contributed by atoms with van der Waals surface area (Å²) in [4.78, 5) is 13.8. The van der Waals surface area contributed by atoms with Crippen LogP contribution < -0.4 is 10.1 Å². The molecule has 0 aliphatic rings. The van der Waals surface area contributed by atoms with Crippen LogP contribution in [-0.4, -0.2) is 44.6 Å². The van der Waals surface area contributed by atoms with Gasteiger partial charge >= 0.3 is 0 Å². The number of ether oxygens (including phenoxy) is 1. The number of aryl methyl sites for hydroxylation is 3. The van der Waals surface area contributed by atoms with Gasteiger partial charge in [0.15, 0.2) is 6.61 Å². The fourth-order valence-electron chi connectivity index (χ4n) is 1.91. The third-order valence-corrected chi connectivity index (χ3v) is 3.25. The van der Waals surface area contributed by atoms with Gasteiger partial charge in [0.05, 0.1) is 0 Å². The fraction of sp³-hybridized carbons (Fsp3) is 0.562. The monoisotopic (exact) mass is 278 g/mol. The van der Waals surface area contributed by atoms with Gasteiger partial charge < -0.3 is 15.0 Å². The molecular weight excluding hydrogens is 252 g/mol. The summed E-state index contributed by atoms with van der Waals surface area (Å²) in [5.74, 6) is 0.720. The van der Waals surface area contributed by atoms with Crippen LogP contribution in [0.15, 0.2) is 12.1 Å². The van der Waals surface area contributed by atoms with E-state index >= 15 is 0 Å². The van der Waals surface area contributed by atoms with Crippen molar-refractivity contribution in [1.29, 1.82) is 0 Å². The molecule has 0 bridgehead atoms. The number of amides is 1. The predicted molar refractivity (Wildman–Crippen MR) is 82.3 cm³/mol. The summed E-state index contributed by atoms with van der Waals surface area (Å²) >= 11 is 0. The number of hydrogen-bond donors (Lipinski definition) is 1. The molecule has 1 amide bonds. The highest BCUT2D eigenvalue weighted by atomic mass is 16.5. The fourth-order valence-corrected chi connectivity index (χ4v) is 1.91. The van der Waals surface area contributed by atoms with Gasteiger partial charge in [-0.15, -0.1) is 0 Å². The Balaban J connectivity index is 2.36. The molecule has 0 saturated carbocycles. The van der Waals surface area contributed by atoms with Gasteiger partial charge in [0.25, 0.3) is 5.91 Å². The first-order chi connectivity index (χ1) is 9.40. The third kappa shape index (κ3) is 5.61. The largest absolute Gasteiger partial charge is 0.483 e. The zero-order chi connectivity index (χ0) is 15.1. The van der Waals surface area contributed by atoms with Gasteiger partial charge in [-0.05, 0) is 70.6 Å². The Morgan fingerprint density at radius 3 is 2.45 bits per heavy atom. The van der Waals surface area contributed by atoms with Gasteiger partial charge in [-0.1, -0.05) is 6.07 Å². The molecule has 1 aromatic carbocycles. The Bertz CT molecular complexity index is 456. The molecule has 0 aromatic heterocycles. The van der Waals surface area contributed by atoms with E-state index in [2.05, 4.69) is 23.2 Å². The molecule has 0 radical (unpaired) electrons. The van der Waals surface area contributed by atoms with E-state index in [9.17, 15) is 4.79 Å². The third-order valence-electron chi connectivity index (χ3n) is 3.25. The molecule has 20 heavy (non-hydrogen) atoms. The second-order valence-electron chi connectivity index (χ2n) is 5.50. The van der Waals surface area contributed by atoms with Gasteiger partial charge in [0.2, 0.25) is 0 Å². The number of benzene rings is 1. The lowest BCUT2D eigenvalue weighted by Crippen LogP contribution is -2.31. The van der Waals surface area contributed by atoms with Crippen LogP contribution in [0.25, 0.3) is 0 Å². The van der Waals surface area contributed by atoms with Gasteiger partial charge in [-0.3, -0.25) is 4.79 Å². The maximum Gasteiger partial charge on any atom is 0.257 e. The van der Waals surface area contributed by atoms with E-state index in [0.29, 0.717) is 6.54 Å². The standard InChI is InChI=1S/C16H26N2O2/c1-12-9-14(3)15(10-13(12)2)20-11-16(19)17-7-6-8-18(4)5/h9-10H,6-8,11H2,1-5H3,(H,17,19). The normalized spacial score (nSPS) is 10.7. The lowest BCUT2D eigenvalue weighted by Gasteiger charge is -2.12. The predicted octanol–water partition coefficient (Wildman–Crippen LogP) is 2.06. The van der Waals surface area contributed by atoms with Crippen LogP contribution in [0.5, 0.6) is 5.75 Å². The van der Waals surface area contributed by atoms with E-state index in [1.807, 2.05) is 34.0 Å². The summed E-state index contributed by atoms with van der Waals surface area (Å²) in [7, 11) is 4.04. The first-order valence-corrected chi connectivity index (χ1v) is 7.02. The summed E-state index contributed by atoms with van der Waals surface area (Å²) in [5.41, 5.74) is 3.48. The summed E-state index contributed by atoms with van der Waals surface area (Å²) in [6.07, 6.45) is 0.946. The van der Waals surface area contributed by atoms with Crippen LogP contribution in [0.1, 0.15) is 23.1 Å². The van der Waals surface area contributed by atoms with Crippen LogP contribution in [0.4, 0.5) is 0 Å². The van der Waals surface area contributed by atoms with E-state index < -0.39 is 0 Å². The van der Waals surface area contributed by atoms with Crippen molar-refractivity contribution >= 4 is 5.91 Å². The van der Waals surface area contributed by atoms with E-state index in [1.54, 1.807) is 0 Å². The second-order valence-corrected chi connectivity index (χ2v) is 5.50. The molecule has 0 aliphatic carbocycles.